The van der Waals surface area contributed by atoms with E-state index in [4.69, 9.17) is 0 Å². The van der Waals surface area contributed by atoms with Crippen molar-refractivity contribution in [2.75, 3.05) is 53.4 Å². The third-order valence-corrected chi connectivity index (χ3v) is 4.62. The van der Waals surface area contributed by atoms with Gasteiger partial charge >= 0.3 is 0 Å². The molecule has 1 heterocycles. The van der Waals surface area contributed by atoms with E-state index in [-0.39, 0.29) is 5.91 Å². The molecule has 2 rings (SSSR count). The van der Waals surface area contributed by atoms with Gasteiger partial charge in [-0.25, -0.2) is 0 Å². The molecule has 1 aliphatic rings. The predicted octanol–water partition coefficient (Wildman–Crippen LogP) is 1.44. The first-order chi connectivity index (χ1) is 12.5. The van der Waals surface area contributed by atoms with E-state index < -0.39 is 0 Å². The molecule has 2 N–H and O–H groups in total. The lowest BCUT2D eigenvalue weighted by molar-refractivity contribution is 0.0963. The first-order valence-electron chi connectivity index (χ1n) is 9.52. The number of nitrogens with zero attached hydrogens (tertiary/aromatic N) is 3. The summed E-state index contributed by atoms with van der Waals surface area (Å²) in [7, 11) is 3.50. The summed E-state index contributed by atoms with van der Waals surface area (Å²) in [4.78, 5) is 21.0. The zero-order valence-electron chi connectivity index (χ0n) is 16.6. The van der Waals surface area contributed by atoms with Crippen molar-refractivity contribution in [1.82, 2.24) is 20.4 Å². The topological polar surface area (TPSA) is 60.0 Å². The van der Waals surface area contributed by atoms with Crippen molar-refractivity contribution in [3.8, 4) is 0 Å². The summed E-state index contributed by atoms with van der Waals surface area (Å²) in [5.74, 6) is 1.64. The second kappa shape index (κ2) is 10.2. The van der Waals surface area contributed by atoms with Gasteiger partial charge in [-0.2, -0.15) is 0 Å². The van der Waals surface area contributed by atoms with Gasteiger partial charge < -0.3 is 15.5 Å². The Bertz CT molecular complexity index is 606. The van der Waals surface area contributed by atoms with Gasteiger partial charge in [-0.15, -0.1) is 0 Å². The van der Waals surface area contributed by atoms with Gasteiger partial charge in [-0.3, -0.25) is 14.7 Å². The molecule has 0 unspecified atom stereocenters. The summed E-state index contributed by atoms with van der Waals surface area (Å²) >= 11 is 0. The number of aliphatic imine (C=N–C) groups is 1. The second-order valence-corrected chi connectivity index (χ2v) is 7.18. The van der Waals surface area contributed by atoms with Gasteiger partial charge in [-0.05, 0) is 30.0 Å². The number of amides is 1. The fourth-order valence-corrected chi connectivity index (χ4v) is 3.32. The van der Waals surface area contributed by atoms with Crippen molar-refractivity contribution in [1.29, 1.82) is 0 Å². The van der Waals surface area contributed by atoms with E-state index in [9.17, 15) is 4.79 Å². The van der Waals surface area contributed by atoms with Gasteiger partial charge in [0.1, 0.15) is 0 Å². The third kappa shape index (κ3) is 6.02. The highest BCUT2D eigenvalue weighted by Gasteiger charge is 2.19. The molecule has 1 fully saturated rings. The van der Waals surface area contributed by atoms with Crippen molar-refractivity contribution >= 4 is 11.9 Å². The molecule has 1 aromatic rings. The summed E-state index contributed by atoms with van der Waals surface area (Å²) in [6, 6.07) is 7.78. The van der Waals surface area contributed by atoms with Gasteiger partial charge in [0.2, 0.25) is 0 Å². The molecule has 1 saturated heterocycles. The Hall–Kier alpha value is -2.08. The molecular formula is C20H33N5O. The number of hydrogen-bond donors (Lipinski definition) is 2. The predicted molar refractivity (Wildman–Crippen MR) is 108 cm³/mol. The van der Waals surface area contributed by atoms with Crippen LogP contribution in [-0.2, 0) is 6.42 Å². The highest BCUT2D eigenvalue weighted by Crippen LogP contribution is 2.07. The van der Waals surface area contributed by atoms with Gasteiger partial charge in [-0.1, -0.05) is 26.0 Å². The number of hydrogen-bond acceptors (Lipinski definition) is 3. The Morgan fingerprint density at radius 2 is 1.96 bits per heavy atom. The summed E-state index contributed by atoms with van der Waals surface area (Å²) in [6.45, 7) is 10.7. The molecule has 0 aromatic heterocycles. The SMILES string of the molecule is CN=C(NCCc1cccc(C(=O)NC)c1)N1CCN(CC(C)C)CC1. The Morgan fingerprint density at radius 1 is 1.23 bits per heavy atom. The van der Waals surface area contributed by atoms with Crippen LogP contribution >= 0.6 is 0 Å². The van der Waals surface area contributed by atoms with Crippen molar-refractivity contribution in [2.24, 2.45) is 10.9 Å². The first-order valence-corrected chi connectivity index (χ1v) is 9.52. The fraction of sp³-hybridized carbons (Fsp3) is 0.600. The van der Waals surface area contributed by atoms with Crippen LogP contribution in [0.15, 0.2) is 29.3 Å². The zero-order valence-corrected chi connectivity index (χ0v) is 16.6. The average molecular weight is 360 g/mol. The molecule has 26 heavy (non-hydrogen) atoms. The zero-order chi connectivity index (χ0) is 18.9. The van der Waals surface area contributed by atoms with Crippen LogP contribution in [0.2, 0.25) is 0 Å². The van der Waals surface area contributed by atoms with Crippen LogP contribution in [0, 0.1) is 5.92 Å². The Balaban J connectivity index is 1.80. The van der Waals surface area contributed by atoms with Crippen LogP contribution in [0.5, 0.6) is 0 Å². The van der Waals surface area contributed by atoms with Crippen LogP contribution in [0.3, 0.4) is 0 Å². The quantitative estimate of drug-likeness (QED) is 0.596. The number of benzene rings is 1. The third-order valence-electron chi connectivity index (χ3n) is 4.62. The normalized spacial score (nSPS) is 16.0. The molecule has 144 valence electrons. The van der Waals surface area contributed by atoms with Crippen LogP contribution in [-0.4, -0.2) is 75.0 Å². The van der Waals surface area contributed by atoms with Crippen molar-refractivity contribution in [3.63, 3.8) is 0 Å². The fourth-order valence-electron chi connectivity index (χ4n) is 3.32. The second-order valence-electron chi connectivity index (χ2n) is 7.18. The maximum absolute atomic E-state index is 11.7. The largest absolute Gasteiger partial charge is 0.356 e. The number of nitrogens with one attached hydrogen (secondary N) is 2. The van der Waals surface area contributed by atoms with Gasteiger partial charge in [0, 0.05) is 58.9 Å². The highest BCUT2D eigenvalue weighted by molar-refractivity contribution is 5.94. The summed E-state index contributed by atoms with van der Waals surface area (Å²) in [5, 5.41) is 6.13. The minimum Gasteiger partial charge on any atom is -0.356 e. The average Bonchev–Trinajstić information content (AvgIpc) is 2.65. The van der Waals surface area contributed by atoms with Gasteiger partial charge in [0.05, 0.1) is 0 Å². The molecule has 0 radical (unpaired) electrons. The lowest BCUT2D eigenvalue weighted by Crippen LogP contribution is -2.53. The molecule has 0 saturated carbocycles. The van der Waals surface area contributed by atoms with Gasteiger partial charge in [0.25, 0.3) is 5.91 Å². The maximum atomic E-state index is 11.7. The molecule has 1 aromatic carbocycles. The minimum absolute atomic E-state index is 0.0464. The molecule has 0 aliphatic carbocycles. The van der Waals surface area contributed by atoms with E-state index in [0.29, 0.717) is 11.5 Å². The van der Waals surface area contributed by atoms with E-state index in [2.05, 4.69) is 45.3 Å². The maximum Gasteiger partial charge on any atom is 0.251 e. The molecule has 0 atom stereocenters. The molecule has 6 heteroatoms. The Labute approximate surface area is 157 Å². The smallest absolute Gasteiger partial charge is 0.251 e. The minimum atomic E-state index is -0.0464. The lowest BCUT2D eigenvalue weighted by atomic mass is 10.1. The number of carbonyl (C=O) groups is 1. The molecule has 6 nitrogen and oxygen atoms in total. The van der Waals surface area contributed by atoms with E-state index in [1.807, 2.05) is 25.2 Å². The van der Waals surface area contributed by atoms with E-state index >= 15 is 0 Å². The molecule has 1 amide bonds. The summed E-state index contributed by atoms with van der Waals surface area (Å²) < 4.78 is 0. The summed E-state index contributed by atoms with van der Waals surface area (Å²) in [5.41, 5.74) is 1.85. The van der Waals surface area contributed by atoms with E-state index in [0.717, 1.165) is 50.7 Å². The van der Waals surface area contributed by atoms with Crippen LogP contribution < -0.4 is 10.6 Å². The standard InChI is InChI=1S/C20H33N5O/c1-16(2)15-24-10-12-25(13-11-24)20(22-4)23-9-8-17-6-5-7-18(14-17)19(26)21-3/h5-7,14,16H,8-13,15H2,1-4H3,(H,21,26)(H,22,23). The number of carbonyl (C=O) groups excluding carboxylic acids is 1. The van der Waals surface area contributed by atoms with Crippen LogP contribution in [0.1, 0.15) is 29.8 Å². The monoisotopic (exact) mass is 359 g/mol. The van der Waals surface area contributed by atoms with E-state index in [1.54, 1.807) is 7.05 Å². The Kier molecular flexibility index (Phi) is 7.91. The van der Waals surface area contributed by atoms with Crippen molar-refractivity contribution < 1.29 is 4.79 Å². The number of rotatable bonds is 6. The molecule has 0 spiro atoms. The molecular weight excluding hydrogens is 326 g/mol. The summed E-state index contributed by atoms with van der Waals surface area (Å²) in [6.07, 6.45) is 0.858. The van der Waals surface area contributed by atoms with Gasteiger partial charge in [0.15, 0.2) is 5.96 Å². The van der Waals surface area contributed by atoms with Crippen molar-refractivity contribution in [3.05, 3.63) is 35.4 Å². The van der Waals surface area contributed by atoms with E-state index in [1.165, 1.54) is 6.54 Å². The molecule has 0 bridgehead atoms. The Morgan fingerprint density at radius 3 is 2.58 bits per heavy atom. The lowest BCUT2D eigenvalue weighted by Gasteiger charge is -2.37. The van der Waals surface area contributed by atoms with Crippen LogP contribution in [0.25, 0.3) is 0 Å². The van der Waals surface area contributed by atoms with Crippen molar-refractivity contribution in [2.45, 2.75) is 20.3 Å². The molecule has 1 aliphatic heterocycles. The number of guanidine groups is 1. The number of piperazine rings is 1. The highest BCUT2D eigenvalue weighted by atomic mass is 16.1. The first kappa shape index (κ1) is 20.2. The van der Waals surface area contributed by atoms with Crippen LogP contribution in [0.4, 0.5) is 0 Å².